The molecule has 0 unspecified atom stereocenters. The molecule has 0 aliphatic carbocycles. The van der Waals surface area contributed by atoms with Gasteiger partial charge in [-0.3, -0.25) is 4.98 Å². The van der Waals surface area contributed by atoms with Crippen LogP contribution in [0.5, 0.6) is 5.75 Å². The van der Waals surface area contributed by atoms with Crippen LogP contribution < -0.4 is 10.1 Å². The molecule has 2 aromatic heterocycles. The molecule has 22 heavy (non-hydrogen) atoms. The molecule has 0 amide bonds. The zero-order valence-electron chi connectivity index (χ0n) is 11.5. The van der Waals surface area contributed by atoms with Crippen molar-refractivity contribution in [3.63, 3.8) is 0 Å². The van der Waals surface area contributed by atoms with E-state index in [2.05, 4.69) is 47.1 Å². The molecular formula is C15H11Br2N3OS. The Labute approximate surface area is 148 Å². The molecule has 0 aliphatic rings. The number of hydrogen-bond acceptors (Lipinski definition) is 5. The maximum absolute atomic E-state index is 5.23. The lowest BCUT2D eigenvalue weighted by atomic mass is 10.3. The molecule has 3 rings (SSSR count). The van der Waals surface area contributed by atoms with Crippen LogP contribution in [0, 0.1) is 0 Å². The molecule has 1 N–H and O–H groups in total. The molecule has 3 aromatic rings. The fourth-order valence-electron chi connectivity index (χ4n) is 1.86. The molecule has 0 fully saturated rings. The summed E-state index contributed by atoms with van der Waals surface area (Å²) in [5, 5.41) is 6.09. The van der Waals surface area contributed by atoms with Crippen LogP contribution in [-0.2, 0) is 0 Å². The highest BCUT2D eigenvalue weighted by Crippen LogP contribution is 2.38. The Hall–Kier alpha value is -1.44. The first-order valence-electron chi connectivity index (χ1n) is 6.34. The first-order chi connectivity index (χ1) is 10.7. The van der Waals surface area contributed by atoms with Crippen LogP contribution in [0.4, 0.5) is 10.8 Å². The van der Waals surface area contributed by atoms with Crippen molar-refractivity contribution in [3.8, 4) is 17.1 Å². The van der Waals surface area contributed by atoms with Crippen molar-refractivity contribution in [3.05, 3.63) is 50.9 Å². The maximum Gasteiger partial charge on any atom is 0.187 e. The second kappa shape index (κ2) is 6.76. The number of thiazole rings is 1. The number of hydrogen-bond donors (Lipinski definition) is 1. The minimum absolute atomic E-state index is 0.776. The Morgan fingerprint density at radius 1 is 1.14 bits per heavy atom. The number of benzene rings is 1. The summed E-state index contributed by atoms with van der Waals surface area (Å²) >= 11 is 8.61. The van der Waals surface area contributed by atoms with E-state index in [1.54, 1.807) is 13.3 Å². The summed E-state index contributed by atoms with van der Waals surface area (Å²) in [7, 11) is 1.64. The summed E-state index contributed by atoms with van der Waals surface area (Å²) in [6.45, 7) is 0. The molecule has 0 radical (unpaired) electrons. The highest BCUT2D eigenvalue weighted by atomic mass is 79.9. The van der Waals surface area contributed by atoms with E-state index in [9.17, 15) is 0 Å². The van der Waals surface area contributed by atoms with Crippen molar-refractivity contribution >= 4 is 54.0 Å². The Balaban J connectivity index is 1.87. The fraction of sp³-hybridized carbons (Fsp3) is 0.0667. The largest absolute Gasteiger partial charge is 0.497 e. The number of anilines is 2. The third-order valence-electron chi connectivity index (χ3n) is 2.91. The lowest BCUT2D eigenvalue weighted by molar-refractivity contribution is 0.414. The maximum atomic E-state index is 5.23. The average molecular weight is 441 g/mol. The van der Waals surface area contributed by atoms with Crippen molar-refractivity contribution in [1.29, 1.82) is 0 Å². The zero-order chi connectivity index (χ0) is 15.5. The van der Waals surface area contributed by atoms with Crippen molar-refractivity contribution in [1.82, 2.24) is 9.97 Å². The molecule has 0 bridgehead atoms. The molecule has 0 atom stereocenters. The molecule has 0 saturated carbocycles. The SMILES string of the molecule is COc1cc(Br)c(Nc2nc(-c3ccccn3)cs2)c(Br)c1. The number of pyridine rings is 1. The molecule has 1 aromatic carbocycles. The van der Waals surface area contributed by atoms with Crippen molar-refractivity contribution < 1.29 is 4.74 Å². The van der Waals surface area contributed by atoms with Gasteiger partial charge in [-0.1, -0.05) is 6.07 Å². The smallest absolute Gasteiger partial charge is 0.187 e. The third kappa shape index (κ3) is 3.31. The number of halogens is 2. The monoisotopic (exact) mass is 439 g/mol. The summed E-state index contributed by atoms with van der Waals surface area (Å²) < 4.78 is 7.03. The minimum atomic E-state index is 0.776. The second-order valence-electron chi connectivity index (χ2n) is 4.34. The normalized spacial score (nSPS) is 10.5. The molecule has 112 valence electrons. The van der Waals surface area contributed by atoms with Crippen molar-refractivity contribution in [2.75, 3.05) is 12.4 Å². The van der Waals surface area contributed by atoms with Gasteiger partial charge >= 0.3 is 0 Å². The molecule has 2 heterocycles. The van der Waals surface area contributed by atoms with E-state index < -0.39 is 0 Å². The van der Waals surface area contributed by atoms with Gasteiger partial charge in [-0.2, -0.15) is 0 Å². The number of rotatable bonds is 4. The van der Waals surface area contributed by atoms with E-state index in [-0.39, 0.29) is 0 Å². The summed E-state index contributed by atoms with van der Waals surface area (Å²) in [5.41, 5.74) is 2.62. The lowest BCUT2D eigenvalue weighted by Crippen LogP contribution is -1.94. The van der Waals surface area contributed by atoms with Gasteiger partial charge in [0.1, 0.15) is 11.4 Å². The molecule has 7 heteroatoms. The van der Waals surface area contributed by atoms with E-state index >= 15 is 0 Å². The van der Waals surface area contributed by atoms with Crippen LogP contribution in [-0.4, -0.2) is 17.1 Å². The number of nitrogens with one attached hydrogen (secondary N) is 1. The van der Waals surface area contributed by atoms with Gasteiger partial charge in [0.25, 0.3) is 0 Å². The van der Waals surface area contributed by atoms with Gasteiger partial charge < -0.3 is 10.1 Å². The van der Waals surface area contributed by atoms with Gasteiger partial charge in [-0.15, -0.1) is 11.3 Å². The molecular weight excluding hydrogens is 430 g/mol. The van der Waals surface area contributed by atoms with E-state index in [0.29, 0.717) is 0 Å². The van der Waals surface area contributed by atoms with Crippen LogP contribution in [0.15, 0.2) is 50.9 Å². The van der Waals surface area contributed by atoms with Crippen LogP contribution in [0.1, 0.15) is 0 Å². The Morgan fingerprint density at radius 2 is 1.91 bits per heavy atom. The van der Waals surface area contributed by atoms with Crippen LogP contribution in [0.25, 0.3) is 11.4 Å². The molecule has 0 aliphatic heterocycles. The summed E-state index contributed by atoms with van der Waals surface area (Å²) in [5.74, 6) is 0.776. The van der Waals surface area contributed by atoms with Gasteiger partial charge in [0, 0.05) is 20.5 Å². The Morgan fingerprint density at radius 3 is 2.55 bits per heavy atom. The van der Waals surface area contributed by atoms with E-state index in [1.807, 2.05) is 35.7 Å². The Bertz CT molecular complexity index is 769. The number of ether oxygens (including phenoxy) is 1. The average Bonchev–Trinajstić information content (AvgIpc) is 3.00. The topological polar surface area (TPSA) is 47.0 Å². The quantitative estimate of drug-likeness (QED) is 0.583. The number of aromatic nitrogens is 2. The van der Waals surface area contributed by atoms with Gasteiger partial charge in [0.15, 0.2) is 5.13 Å². The third-order valence-corrected chi connectivity index (χ3v) is 4.92. The first kappa shape index (κ1) is 15.5. The predicted octanol–water partition coefficient (Wildman–Crippen LogP) is 5.48. The molecule has 0 spiro atoms. The highest BCUT2D eigenvalue weighted by Gasteiger charge is 2.11. The Kier molecular flexibility index (Phi) is 4.75. The summed E-state index contributed by atoms with van der Waals surface area (Å²) in [6.07, 6.45) is 1.76. The van der Waals surface area contributed by atoms with Gasteiger partial charge in [0.05, 0.1) is 18.5 Å². The van der Waals surface area contributed by atoms with E-state index in [4.69, 9.17) is 4.74 Å². The van der Waals surface area contributed by atoms with Crippen LogP contribution >= 0.6 is 43.2 Å². The van der Waals surface area contributed by atoms with Crippen molar-refractivity contribution in [2.24, 2.45) is 0 Å². The highest BCUT2D eigenvalue weighted by molar-refractivity contribution is 9.11. The lowest BCUT2D eigenvalue weighted by Gasteiger charge is -2.10. The van der Waals surface area contributed by atoms with Gasteiger partial charge in [0.2, 0.25) is 0 Å². The second-order valence-corrected chi connectivity index (χ2v) is 6.91. The van der Waals surface area contributed by atoms with Gasteiger partial charge in [-0.05, 0) is 56.1 Å². The number of methoxy groups -OCH3 is 1. The standard InChI is InChI=1S/C15H11Br2N3OS/c1-21-9-6-10(16)14(11(17)7-9)20-15-19-13(8-22-15)12-4-2-3-5-18-12/h2-8H,1H3,(H,19,20). The fourth-order valence-corrected chi connectivity index (χ4v) is 3.91. The predicted molar refractivity (Wildman–Crippen MR) is 97.0 cm³/mol. The zero-order valence-corrected chi connectivity index (χ0v) is 15.5. The molecule has 4 nitrogen and oxygen atoms in total. The first-order valence-corrected chi connectivity index (χ1v) is 8.81. The minimum Gasteiger partial charge on any atom is -0.497 e. The van der Waals surface area contributed by atoms with Crippen LogP contribution in [0.2, 0.25) is 0 Å². The number of nitrogens with zero attached hydrogens (tertiary/aromatic N) is 2. The van der Waals surface area contributed by atoms with Crippen LogP contribution in [0.3, 0.4) is 0 Å². The van der Waals surface area contributed by atoms with Gasteiger partial charge in [-0.25, -0.2) is 4.98 Å². The summed E-state index contributed by atoms with van der Waals surface area (Å²) in [4.78, 5) is 8.88. The van der Waals surface area contributed by atoms with E-state index in [1.165, 1.54) is 11.3 Å². The van der Waals surface area contributed by atoms with E-state index in [0.717, 1.165) is 36.9 Å². The van der Waals surface area contributed by atoms with Crippen molar-refractivity contribution in [2.45, 2.75) is 0 Å². The molecule has 0 saturated heterocycles. The summed E-state index contributed by atoms with van der Waals surface area (Å²) in [6, 6.07) is 9.59.